The van der Waals surface area contributed by atoms with Gasteiger partial charge in [0.25, 0.3) is 5.91 Å². The Morgan fingerprint density at radius 2 is 1.09 bits per heavy atom. The first-order valence-corrected chi connectivity index (χ1v) is 18.2. The molecule has 0 saturated heterocycles. The number of rotatable bonds is 12. The van der Waals surface area contributed by atoms with E-state index < -0.39 is 0 Å². The van der Waals surface area contributed by atoms with E-state index in [0.717, 1.165) is 67.3 Å². The monoisotopic (exact) mass is 644 g/mol. The molecular weight excluding hydrogens is 601 g/mol. The van der Waals surface area contributed by atoms with E-state index in [9.17, 15) is 4.79 Å². The lowest BCUT2D eigenvalue weighted by atomic mass is 9.83. The summed E-state index contributed by atoms with van der Waals surface area (Å²) in [7, 11) is 0. The van der Waals surface area contributed by atoms with Crippen molar-refractivity contribution in [3.05, 3.63) is 69.6 Å². The highest BCUT2D eigenvalue weighted by atomic mass is 32.1. The molecule has 3 nitrogen and oxygen atoms in total. The van der Waals surface area contributed by atoms with E-state index in [2.05, 4.69) is 81.3 Å². The molecule has 1 aromatic heterocycles. The van der Waals surface area contributed by atoms with Gasteiger partial charge in [-0.25, -0.2) is 0 Å². The number of nitrogens with zero attached hydrogens (tertiary/aromatic N) is 2. The third kappa shape index (κ3) is 4.68. The van der Waals surface area contributed by atoms with Gasteiger partial charge in [-0.1, -0.05) is 139 Å². The number of carbonyl (C=O) groups is 1. The van der Waals surface area contributed by atoms with E-state index in [1.54, 1.807) is 0 Å². The summed E-state index contributed by atoms with van der Waals surface area (Å²) in [6.07, 6.45) is 11.8. The first-order valence-electron chi connectivity index (χ1n) is 17.4. The number of fused-ring (bicyclic) bond motifs is 2. The highest BCUT2D eigenvalue weighted by molar-refractivity contribution is 7.80. The topological polar surface area (TPSA) is 25.2 Å². The molecule has 0 N–H and O–H groups in total. The summed E-state index contributed by atoms with van der Waals surface area (Å²) in [5.74, 6) is 0.0331. The molecular formula is C41H44N2OS2. The van der Waals surface area contributed by atoms with E-state index in [-0.39, 0.29) is 11.9 Å². The second-order valence-corrected chi connectivity index (χ2v) is 14.4. The zero-order valence-electron chi connectivity index (χ0n) is 27.7. The zero-order chi connectivity index (χ0) is 32.3. The minimum Gasteiger partial charge on any atom is -0.329 e. The SMILES string of the molecule is C=c1c2ccc3c4ccc5c6c(ccc(c7ccc(c(=S)n1[C@H](C)CCCCCC)c2c37)c64)C(=O)N([C@H](C)CCCCCC)C5=S. The molecule has 1 aliphatic heterocycles. The zero-order valence-corrected chi connectivity index (χ0v) is 29.3. The van der Waals surface area contributed by atoms with Crippen LogP contribution in [-0.4, -0.2) is 26.4 Å². The maximum atomic E-state index is 14.1. The summed E-state index contributed by atoms with van der Waals surface area (Å²) >= 11 is 12.3. The maximum absolute atomic E-state index is 14.1. The van der Waals surface area contributed by atoms with Gasteiger partial charge in [0.05, 0.1) is 0 Å². The summed E-state index contributed by atoms with van der Waals surface area (Å²) in [5.41, 5.74) is 1.76. The molecule has 2 atom stereocenters. The minimum absolute atomic E-state index is 0.0331. The van der Waals surface area contributed by atoms with Gasteiger partial charge in [0.15, 0.2) is 0 Å². The van der Waals surface area contributed by atoms with Gasteiger partial charge in [-0.3, -0.25) is 9.69 Å². The number of aromatic nitrogens is 1. The first kappa shape index (κ1) is 31.2. The van der Waals surface area contributed by atoms with E-state index in [0.29, 0.717) is 11.0 Å². The summed E-state index contributed by atoms with van der Waals surface area (Å²) in [4.78, 5) is 16.6. The fraction of sp³-hybridized carbons (Fsp3) is 0.390. The Morgan fingerprint density at radius 1 is 0.609 bits per heavy atom. The highest BCUT2D eigenvalue weighted by Gasteiger charge is 2.34. The minimum atomic E-state index is 0.0331. The smallest absolute Gasteiger partial charge is 0.259 e. The molecule has 0 bridgehead atoms. The van der Waals surface area contributed by atoms with Gasteiger partial charge in [-0.15, -0.1) is 0 Å². The van der Waals surface area contributed by atoms with Crippen LogP contribution in [0.2, 0.25) is 0 Å². The Kier molecular flexibility index (Phi) is 8.35. The maximum Gasteiger partial charge on any atom is 0.259 e. The molecule has 6 aromatic rings. The molecule has 0 radical (unpaired) electrons. The second-order valence-electron chi connectivity index (χ2n) is 13.6. The van der Waals surface area contributed by atoms with Gasteiger partial charge in [-0.2, -0.15) is 0 Å². The van der Waals surface area contributed by atoms with Crippen LogP contribution >= 0.6 is 24.4 Å². The number of carbonyl (C=O) groups excluding carboxylic acids is 1. The van der Waals surface area contributed by atoms with Crippen molar-refractivity contribution in [3.63, 3.8) is 0 Å². The van der Waals surface area contributed by atoms with Crippen LogP contribution < -0.4 is 5.35 Å². The first-order chi connectivity index (χ1) is 22.3. The van der Waals surface area contributed by atoms with Crippen molar-refractivity contribution in [2.45, 2.75) is 104 Å². The molecule has 2 heterocycles. The van der Waals surface area contributed by atoms with Gasteiger partial charge in [0.1, 0.15) is 9.63 Å². The summed E-state index contributed by atoms with van der Waals surface area (Å²) < 4.78 is 3.17. The highest BCUT2D eigenvalue weighted by Crippen LogP contribution is 2.46. The Bertz CT molecular complexity index is 2130. The molecule has 5 aromatic carbocycles. The van der Waals surface area contributed by atoms with Crippen LogP contribution in [0.4, 0.5) is 0 Å². The third-order valence-corrected chi connectivity index (χ3v) is 11.5. The Hall–Kier alpha value is -3.41. The molecule has 7 rings (SSSR count). The van der Waals surface area contributed by atoms with Crippen LogP contribution in [-0.2, 0) is 0 Å². The fourth-order valence-electron chi connectivity index (χ4n) is 8.26. The van der Waals surface area contributed by atoms with E-state index in [4.69, 9.17) is 24.4 Å². The van der Waals surface area contributed by atoms with E-state index in [1.165, 1.54) is 71.9 Å². The number of amides is 1. The fourth-order valence-corrected chi connectivity index (χ4v) is 9.15. The summed E-state index contributed by atoms with van der Waals surface area (Å²) in [6, 6.07) is 17.9. The van der Waals surface area contributed by atoms with Crippen LogP contribution in [0.15, 0.2) is 48.5 Å². The Labute approximate surface area is 282 Å². The lowest BCUT2D eigenvalue weighted by molar-refractivity contribution is 0.0807. The van der Waals surface area contributed by atoms with E-state index >= 15 is 0 Å². The molecule has 0 aliphatic carbocycles. The number of thiocarbonyl (C=S) groups is 1. The van der Waals surface area contributed by atoms with Crippen LogP contribution in [0.5, 0.6) is 0 Å². The lowest BCUT2D eigenvalue weighted by Crippen LogP contribution is -2.45. The lowest BCUT2D eigenvalue weighted by Gasteiger charge is -2.35. The number of benzene rings is 5. The second kappa shape index (κ2) is 12.3. The third-order valence-electron chi connectivity index (χ3n) is 10.7. The molecule has 1 aliphatic rings. The summed E-state index contributed by atoms with van der Waals surface area (Å²) in [6.45, 7) is 13.5. The number of hydrogen-bond acceptors (Lipinski definition) is 3. The average Bonchev–Trinajstić information content (AvgIpc) is 3.05. The van der Waals surface area contributed by atoms with Crippen molar-refractivity contribution in [3.8, 4) is 0 Å². The van der Waals surface area contributed by atoms with Gasteiger partial charge >= 0.3 is 0 Å². The van der Waals surface area contributed by atoms with Crippen molar-refractivity contribution in [1.82, 2.24) is 9.47 Å². The average molecular weight is 645 g/mol. The van der Waals surface area contributed by atoms with Gasteiger partial charge < -0.3 is 4.57 Å². The predicted octanol–water partition coefficient (Wildman–Crippen LogP) is 11.6. The number of unbranched alkanes of at least 4 members (excludes halogenated alkanes) is 6. The Morgan fingerprint density at radius 3 is 1.70 bits per heavy atom. The van der Waals surface area contributed by atoms with Crippen molar-refractivity contribution >= 4 is 95.8 Å². The normalized spacial score (nSPS) is 15.0. The van der Waals surface area contributed by atoms with Crippen LogP contribution in [0.3, 0.4) is 0 Å². The van der Waals surface area contributed by atoms with Gasteiger partial charge in [0, 0.05) is 50.1 Å². The number of pyridine rings is 1. The molecule has 0 unspecified atom stereocenters. The quantitative estimate of drug-likeness (QED) is 0.0574. The Balaban J connectivity index is 1.41. The molecule has 236 valence electrons. The molecule has 46 heavy (non-hydrogen) atoms. The largest absolute Gasteiger partial charge is 0.329 e. The van der Waals surface area contributed by atoms with Crippen molar-refractivity contribution in [1.29, 1.82) is 0 Å². The standard InChI is InChI=1S/C41H44N2OS2/c1-6-8-10-12-14-24(3)42-26(5)27-16-17-28-31-20-23-34-38-32(39(44)43(41(34)46)25(4)15-13-11-9-7-2)21-18-29(37(31)38)30-19-22-33(40(42)45)35(27)36(28)30/h16-25H,5-15H2,1-4H3/t24-,25-/m1/s1. The van der Waals surface area contributed by atoms with E-state index in [1.807, 2.05) is 11.0 Å². The van der Waals surface area contributed by atoms with Crippen molar-refractivity contribution in [2.24, 2.45) is 0 Å². The van der Waals surface area contributed by atoms with Gasteiger partial charge in [-0.05, 0) is 65.1 Å². The molecule has 0 saturated carbocycles. The van der Waals surface area contributed by atoms with Gasteiger partial charge in [0.2, 0.25) is 0 Å². The molecule has 0 spiro atoms. The van der Waals surface area contributed by atoms with Crippen LogP contribution in [0.25, 0.3) is 60.4 Å². The molecule has 1 amide bonds. The summed E-state index contributed by atoms with van der Waals surface area (Å²) in [5, 5.41) is 12.5. The number of hydrogen-bond donors (Lipinski definition) is 0. The van der Waals surface area contributed by atoms with Crippen LogP contribution in [0.1, 0.15) is 114 Å². The van der Waals surface area contributed by atoms with Crippen molar-refractivity contribution < 1.29 is 4.79 Å². The molecule has 0 fully saturated rings. The van der Waals surface area contributed by atoms with Crippen molar-refractivity contribution in [2.75, 3.05) is 0 Å². The molecule has 5 heteroatoms. The van der Waals surface area contributed by atoms with Crippen LogP contribution in [0, 0.1) is 4.64 Å². The predicted molar refractivity (Wildman–Crippen MR) is 204 cm³/mol.